The van der Waals surface area contributed by atoms with Gasteiger partial charge in [-0.2, -0.15) is 0 Å². The molecule has 0 spiro atoms. The highest BCUT2D eigenvalue weighted by atomic mass is 35.5. The molecule has 0 fully saturated rings. The van der Waals surface area contributed by atoms with Gasteiger partial charge in [-0.25, -0.2) is 9.78 Å². The second-order valence-corrected chi connectivity index (χ2v) is 3.76. The zero-order valence-corrected chi connectivity index (χ0v) is 10.8. The van der Waals surface area contributed by atoms with Crippen LogP contribution in [0.25, 0.3) is 0 Å². The fourth-order valence-electron chi connectivity index (χ4n) is 0.698. The Labute approximate surface area is 106 Å². The predicted molar refractivity (Wildman–Crippen MR) is 60.2 cm³/mol. The van der Waals surface area contributed by atoms with E-state index in [9.17, 15) is 0 Å². The Morgan fingerprint density at radius 2 is 1.56 bits per heavy atom. The quantitative estimate of drug-likeness (QED) is 0.237. The minimum atomic E-state index is -0.0883. The number of hydrogen-bond donors (Lipinski definition) is 0. The van der Waals surface area contributed by atoms with E-state index in [1.165, 1.54) is 0 Å². The first kappa shape index (κ1) is 16.4. The first-order chi connectivity index (χ1) is 7.81. The van der Waals surface area contributed by atoms with Crippen LogP contribution in [0.1, 0.15) is 19.8 Å². The predicted octanol–water partition coefficient (Wildman–Crippen LogP) is 2.46. The maximum atomic E-state index is 5.49. The van der Waals surface area contributed by atoms with Crippen molar-refractivity contribution in [2.75, 3.05) is 31.6 Å². The SMILES string of the molecule is CC(COOOOCCCCl)OCCCCl. The Hall–Kier alpha value is 0.380. The van der Waals surface area contributed by atoms with E-state index < -0.39 is 0 Å². The maximum absolute atomic E-state index is 5.49. The van der Waals surface area contributed by atoms with E-state index in [4.69, 9.17) is 27.9 Å². The molecule has 0 N–H and O–H groups in total. The van der Waals surface area contributed by atoms with Crippen molar-refractivity contribution in [1.82, 2.24) is 0 Å². The smallest absolute Gasteiger partial charge is 0.111 e. The van der Waals surface area contributed by atoms with Gasteiger partial charge in [0.05, 0.1) is 12.7 Å². The van der Waals surface area contributed by atoms with Crippen LogP contribution in [0.15, 0.2) is 0 Å². The molecular formula is C9H18Cl2O5. The third-order valence-corrected chi connectivity index (χ3v) is 2.00. The average Bonchev–Trinajstić information content (AvgIpc) is 2.28. The van der Waals surface area contributed by atoms with E-state index in [0.717, 1.165) is 6.42 Å². The largest absolute Gasteiger partial charge is 0.376 e. The molecule has 7 heteroatoms. The van der Waals surface area contributed by atoms with Crippen molar-refractivity contribution in [3.8, 4) is 0 Å². The average molecular weight is 277 g/mol. The molecular weight excluding hydrogens is 259 g/mol. The lowest BCUT2D eigenvalue weighted by atomic mass is 10.4. The second kappa shape index (κ2) is 13.4. The van der Waals surface area contributed by atoms with Crippen molar-refractivity contribution >= 4 is 23.2 Å². The number of hydrogen-bond acceptors (Lipinski definition) is 5. The Morgan fingerprint density at radius 1 is 0.938 bits per heavy atom. The Kier molecular flexibility index (Phi) is 13.8. The lowest BCUT2D eigenvalue weighted by molar-refractivity contribution is -0.635. The monoisotopic (exact) mass is 276 g/mol. The summed E-state index contributed by atoms with van der Waals surface area (Å²) in [5.74, 6) is 1.09. The molecule has 0 saturated carbocycles. The summed E-state index contributed by atoms with van der Waals surface area (Å²) >= 11 is 10.9. The van der Waals surface area contributed by atoms with E-state index in [-0.39, 0.29) is 12.7 Å². The molecule has 0 aromatic carbocycles. The lowest BCUT2D eigenvalue weighted by Gasteiger charge is -2.10. The summed E-state index contributed by atoms with van der Waals surface area (Å²) in [4.78, 5) is 9.23. The van der Waals surface area contributed by atoms with Gasteiger partial charge in [-0.15, -0.1) is 23.2 Å². The molecule has 98 valence electrons. The van der Waals surface area contributed by atoms with Crippen molar-refractivity contribution in [1.29, 1.82) is 0 Å². The van der Waals surface area contributed by atoms with E-state index in [0.29, 0.717) is 31.4 Å². The van der Waals surface area contributed by atoms with Crippen molar-refractivity contribution in [2.24, 2.45) is 0 Å². The van der Waals surface area contributed by atoms with Crippen LogP contribution in [0.4, 0.5) is 0 Å². The van der Waals surface area contributed by atoms with Gasteiger partial charge in [0.1, 0.15) is 6.61 Å². The van der Waals surface area contributed by atoms with E-state index >= 15 is 0 Å². The van der Waals surface area contributed by atoms with Crippen LogP contribution in [-0.2, 0) is 24.6 Å². The summed E-state index contributed by atoms with van der Waals surface area (Å²) in [6.07, 6.45) is 1.41. The van der Waals surface area contributed by atoms with Crippen LogP contribution in [0.5, 0.6) is 0 Å². The molecule has 0 aliphatic rings. The van der Waals surface area contributed by atoms with Crippen LogP contribution < -0.4 is 0 Å². The van der Waals surface area contributed by atoms with Crippen LogP contribution in [0, 0.1) is 0 Å². The van der Waals surface area contributed by atoms with E-state index in [1.807, 2.05) is 6.92 Å². The fourth-order valence-corrected chi connectivity index (χ4v) is 0.916. The van der Waals surface area contributed by atoms with Gasteiger partial charge in [-0.3, -0.25) is 0 Å². The van der Waals surface area contributed by atoms with Crippen molar-refractivity contribution < 1.29 is 24.6 Å². The molecule has 0 amide bonds. The van der Waals surface area contributed by atoms with Crippen LogP contribution in [0.3, 0.4) is 0 Å². The standard InChI is InChI=1S/C9H18Cl2O5/c1-9(12-6-2-4-10)8-14-16-15-13-7-3-5-11/h9H,2-8H2,1H3. The number of rotatable bonds is 12. The zero-order valence-electron chi connectivity index (χ0n) is 9.32. The Morgan fingerprint density at radius 3 is 2.25 bits per heavy atom. The minimum Gasteiger partial charge on any atom is -0.376 e. The second-order valence-electron chi connectivity index (χ2n) is 3.01. The maximum Gasteiger partial charge on any atom is 0.111 e. The fraction of sp³-hybridized carbons (Fsp3) is 1.00. The molecule has 0 heterocycles. The third kappa shape index (κ3) is 12.4. The van der Waals surface area contributed by atoms with Gasteiger partial charge in [-0.05, 0) is 29.8 Å². The van der Waals surface area contributed by atoms with Gasteiger partial charge in [0.15, 0.2) is 0 Å². The van der Waals surface area contributed by atoms with Crippen molar-refractivity contribution in [2.45, 2.75) is 25.9 Å². The molecule has 0 aliphatic carbocycles. The van der Waals surface area contributed by atoms with Crippen molar-refractivity contribution in [3.63, 3.8) is 0 Å². The van der Waals surface area contributed by atoms with Gasteiger partial charge in [0.2, 0.25) is 0 Å². The topological polar surface area (TPSA) is 46.2 Å². The zero-order chi connectivity index (χ0) is 12.1. The van der Waals surface area contributed by atoms with E-state index in [1.54, 1.807) is 0 Å². The normalized spacial score (nSPS) is 12.9. The molecule has 0 bridgehead atoms. The highest BCUT2D eigenvalue weighted by Crippen LogP contribution is 1.96. The Balaban J connectivity index is 3.06. The van der Waals surface area contributed by atoms with Crippen LogP contribution >= 0.6 is 23.2 Å². The molecule has 1 unspecified atom stereocenters. The van der Waals surface area contributed by atoms with Crippen LogP contribution in [0.2, 0.25) is 0 Å². The molecule has 0 rings (SSSR count). The molecule has 1 atom stereocenters. The van der Waals surface area contributed by atoms with E-state index in [2.05, 4.69) is 19.9 Å². The number of halogens is 2. The van der Waals surface area contributed by atoms with Gasteiger partial charge in [0.25, 0.3) is 0 Å². The lowest BCUT2D eigenvalue weighted by Crippen LogP contribution is -2.17. The van der Waals surface area contributed by atoms with Gasteiger partial charge >= 0.3 is 0 Å². The first-order valence-corrected chi connectivity index (χ1v) is 6.19. The summed E-state index contributed by atoms with van der Waals surface area (Å²) in [5.41, 5.74) is 0. The highest BCUT2D eigenvalue weighted by Gasteiger charge is 2.03. The molecule has 5 nitrogen and oxygen atoms in total. The molecule has 0 radical (unpaired) electrons. The summed E-state index contributed by atoms with van der Waals surface area (Å²) in [7, 11) is 0. The van der Waals surface area contributed by atoms with Gasteiger partial charge in [-0.1, -0.05) is 0 Å². The summed E-state index contributed by atoms with van der Waals surface area (Å²) < 4.78 is 5.32. The molecule has 16 heavy (non-hydrogen) atoms. The third-order valence-electron chi connectivity index (χ3n) is 1.47. The molecule has 0 aromatic heterocycles. The summed E-state index contributed by atoms with van der Waals surface area (Å²) in [6.45, 7) is 3.06. The minimum absolute atomic E-state index is 0.0883. The van der Waals surface area contributed by atoms with Gasteiger partial charge in [0, 0.05) is 18.4 Å². The van der Waals surface area contributed by atoms with Crippen LogP contribution in [-0.4, -0.2) is 37.7 Å². The summed E-state index contributed by atoms with van der Waals surface area (Å²) in [5, 5.41) is 8.54. The number of alkyl halides is 2. The molecule has 0 aromatic rings. The van der Waals surface area contributed by atoms with Crippen molar-refractivity contribution in [3.05, 3.63) is 0 Å². The molecule has 0 saturated heterocycles. The Bertz CT molecular complexity index is 139. The van der Waals surface area contributed by atoms with Gasteiger partial charge < -0.3 is 4.74 Å². The summed E-state index contributed by atoms with van der Waals surface area (Å²) in [6, 6.07) is 0. The first-order valence-electron chi connectivity index (χ1n) is 5.12. The number of ether oxygens (including phenoxy) is 1. The highest BCUT2D eigenvalue weighted by molar-refractivity contribution is 6.18. The molecule has 0 aliphatic heterocycles.